The number of aryl methyl sites for hydroxylation is 1. The Morgan fingerprint density at radius 2 is 1.88 bits per heavy atom. The van der Waals surface area contributed by atoms with Gasteiger partial charge in [-0.25, -0.2) is 0 Å². The van der Waals surface area contributed by atoms with Crippen LogP contribution in [0.4, 0.5) is 0 Å². The zero-order chi connectivity index (χ0) is 16.9. The number of para-hydroxylation sites is 1. The van der Waals surface area contributed by atoms with Crippen molar-refractivity contribution in [2.24, 2.45) is 7.05 Å². The molecule has 0 amide bonds. The van der Waals surface area contributed by atoms with Crippen molar-refractivity contribution in [2.75, 3.05) is 26.2 Å². The van der Waals surface area contributed by atoms with E-state index in [1.165, 1.54) is 28.2 Å². The third-order valence-electron chi connectivity index (χ3n) is 4.91. The average Bonchev–Trinajstić information content (AvgIpc) is 2.92. The van der Waals surface area contributed by atoms with Gasteiger partial charge in [-0.1, -0.05) is 32.0 Å². The molecule has 0 aliphatic rings. The van der Waals surface area contributed by atoms with Gasteiger partial charge in [0.25, 0.3) is 0 Å². The summed E-state index contributed by atoms with van der Waals surface area (Å²) in [6.07, 6.45) is 3.11. The van der Waals surface area contributed by atoms with Crippen molar-refractivity contribution in [1.29, 1.82) is 0 Å². The highest BCUT2D eigenvalue weighted by Crippen LogP contribution is 2.29. The standard InChI is InChI=1S/C20H28N4/c1-4-24(5-2)14-8-12-21-15-18-20-17(11-13-22-18)16-9-6-7-10-19(16)23(20)3/h6-7,9-11,13,21H,4-5,8,12,14-15H2,1-3H3. The smallest absolute Gasteiger partial charge is 0.0784 e. The molecule has 128 valence electrons. The van der Waals surface area contributed by atoms with Crippen LogP contribution in [0.3, 0.4) is 0 Å². The number of rotatable bonds is 8. The minimum absolute atomic E-state index is 0.819. The van der Waals surface area contributed by atoms with Gasteiger partial charge in [-0.2, -0.15) is 0 Å². The first-order valence-corrected chi connectivity index (χ1v) is 9.00. The molecule has 0 saturated carbocycles. The molecule has 0 radical (unpaired) electrons. The summed E-state index contributed by atoms with van der Waals surface area (Å²) in [5.41, 5.74) is 3.65. The quantitative estimate of drug-likeness (QED) is 0.643. The predicted octanol–water partition coefficient (Wildman–Crippen LogP) is 3.55. The van der Waals surface area contributed by atoms with Crippen LogP contribution < -0.4 is 5.32 Å². The van der Waals surface area contributed by atoms with E-state index in [-0.39, 0.29) is 0 Å². The zero-order valence-electron chi connectivity index (χ0n) is 15.0. The number of fused-ring (bicyclic) bond motifs is 3. The molecular formula is C20H28N4. The average molecular weight is 324 g/mol. The van der Waals surface area contributed by atoms with Crippen LogP contribution in [0.5, 0.6) is 0 Å². The molecule has 4 nitrogen and oxygen atoms in total. The number of aromatic nitrogens is 2. The summed E-state index contributed by atoms with van der Waals surface area (Å²) < 4.78 is 2.27. The summed E-state index contributed by atoms with van der Waals surface area (Å²) in [5, 5.41) is 6.17. The fourth-order valence-corrected chi connectivity index (χ4v) is 3.51. The third kappa shape index (κ3) is 3.30. The van der Waals surface area contributed by atoms with E-state index in [4.69, 9.17) is 0 Å². The second kappa shape index (κ2) is 7.77. The summed E-state index contributed by atoms with van der Waals surface area (Å²) in [6, 6.07) is 10.7. The largest absolute Gasteiger partial charge is 0.342 e. The molecule has 0 spiro atoms. The van der Waals surface area contributed by atoms with E-state index in [1.807, 2.05) is 6.20 Å². The van der Waals surface area contributed by atoms with Gasteiger partial charge < -0.3 is 14.8 Å². The Balaban J connectivity index is 1.71. The summed E-state index contributed by atoms with van der Waals surface area (Å²) in [5.74, 6) is 0. The number of hydrogen-bond donors (Lipinski definition) is 1. The molecular weight excluding hydrogens is 296 g/mol. The molecule has 3 aromatic rings. The molecule has 0 aliphatic carbocycles. The minimum Gasteiger partial charge on any atom is -0.342 e. The molecule has 0 aliphatic heterocycles. The summed E-state index contributed by atoms with van der Waals surface area (Å²) >= 11 is 0. The second-order valence-corrected chi connectivity index (χ2v) is 6.29. The van der Waals surface area contributed by atoms with Crippen LogP contribution in [-0.4, -0.2) is 40.6 Å². The molecule has 1 N–H and O–H groups in total. The van der Waals surface area contributed by atoms with E-state index in [0.717, 1.165) is 38.4 Å². The van der Waals surface area contributed by atoms with Gasteiger partial charge in [0, 0.05) is 36.1 Å². The molecule has 0 fully saturated rings. The third-order valence-corrected chi connectivity index (χ3v) is 4.91. The lowest BCUT2D eigenvalue weighted by Crippen LogP contribution is -2.27. The molecule has 0 saturated heterocycles. The van der Waals surface area contributed by atoms with Crippen LogP contribution in [0.25, 0.3) is 21.8 Å². The lowest BCUT2D eigenvalue weighted by atomic mass is 10.1. The van der Waals surface area contributed by atoms with Gasteiger partial charge in [-0.15, -0.1) is 0 Å². The molecule has 0 unspecified atom stereocenters. The predicted molar refractivity (Wildman–Crippen MR) is 102 cm³/mol. The number of pyridine rings is 1. The molecule has 3 rings (SSSR count). The Morgan fingerprint density at radius 1 is 1.08 bits per heavy atom. The van der Waals surface area contributed by atoms with Crippen LogP contribution >= 0.6 is 0 Å². The van der Waals surface area contributed by atoms with Crippen LogP contribution in [0.15, 0.2) is 36.5 Å². The van der Waals surface area contributed by atoms with Crippen molar-refractivity contribution in [3.63, 3.8) is 0 Å². The Bertz CT molecular complexity index is 802. The normalized spacial score (nSPS) is 11.8. The number of nitrogens with one attached hydrogen (secondary N) is 1. The topological polar surface area (TPSA) is 33.1 Å². The first-order valence-electron chi connectivity index (χ1n) is 9.00. The van der Waals surface area contributed by atoms with E-state index in [2.05, 4.69) is 71.0 Å². The van der Waals surface area contributed by atoms with Crippen LogP contribution in [0.1, 0.15) is 26.0 Å². The lowest BCUT2D eigenvalue weighted by Gasteiger charge is -2.17. The monoisotopic (exact) mass is 324 g/mol. The lowest BCUT2D eigenvalue weighted by molar-refractivity contribution is 0.298. The number of benzene rings is 1. The highest BCUT2D eigenvalue weighted by molar-refractivity contribution is 6.08. The van der Waals surface area contributed by atoms with Gasteiger partial charge in [0.1, 0.15) is 0 Å². The first kappa shape index (κ1) is 16.9. The van der Waals surface area contributed by atoms with Crippen molar-refractivity contribution in [3.8, 4) is 0 Å². The van der Waals surface area contributed by atoms with E-state index >= 15 is 0 Å². The maximum atomic E-state index is 4.63. The number of hydrogen-bond acceptors (Lipinski definition) is 3. The SMILES string of the molecule is CCN(CC)CCCNCc1nccc2c3ccccc3n(C)c12. The summed E-state index contributed by atoms with van der Waals surface area (Å²) in [4.78, 5) is 7.10. The highest BCUT2D eigenvalue weighted by atomic mass is 15.1. The van der Waals surface area contributed by atoms with E-state index < -0.39 is 0 Å². The van der Waals surface area contributed by atoms with Crippen LogP contribution in [0.2, 0.25) is 0 Å². The fourth-order valence-electron chi connectivity index (χ4n) is 3.51. The second-order valence-electron chi connectivity index (χ2n) is 6.29. The van der Waals surface area contributed by atoms with E-state index in [1.54, 1.807) is 0 Å². The van der Waals surface area contributed by atoms with Gasteiger partial charge in [-0.05, 0) is 44.7 Å². The van der Waals surface area contributed by atoms with Gasteiger partial charge in [0.05, 0.1) is 11.2 Å². The Morgan fingerprint density at radius 3 is 2.67 bits per heavy atom. The van der Waals surface area contributed by atoms with Crippen LogP contribution in [0, 0.1) is 0 Å². The molecule has 0 atom stereocenters. The molecule has 24 heavy (non-hydrogen) atoms. The molecule has 0 bridgehead atoms. The summed E-state index contributed by atoms with van der Waals surface area (Å²) in [6.45, 7) is 9.72. The summed E-state index contributed by atoms with van der Waals surface area (Å²) in [7, 11) is 2.14. The molecule has 2 aromatic heterocycles. The van der Waals surface area contributed by atoms with Gasteiger partial charge >= 0.3 is 0 Å². The number of nitrogens with zero attached hydrogens (tertiary/aromatic N) is 3. The van der Waals surface area contributed by atoms with Crippen LogP contribution in [-0.2, 0) is 13.6 Å². The van der Waals surface area contributed by atoms with Crippen molar-refractivity contribution in [2.45, 2.75) is 26.8 Å². The Kier molecular flexibility index (Phi) is 5.48. The molecule has 4 heteroatoms. The van der Waals surface area contributed by atoms with E-state index in [9.17, 15) is 0 Å². The van der Waals surface area contributed by atoms with Crippen molar-refractivity contribution >= 4 is 21.8 Å². The van der Waals surface area contributed by atoms with Gasteiger partial charge in [0.2, 0.25) is 0 Å². The zero-order valence-corrected chi connectivity index (χ0v) is 15.0. The maximum absolute atomic E-state index is 4.63. The van der Waals surface area contributed by atoms with Gasteiger partial charge in [-0.3, -0.25) is 4.98 Å². The first-order chi connectivity index (χ1) is 11.8. The molecule has 1 aromatic carbocycles. The van der Waals surface area contributed by atoms with Crippen molar-refractivity contribution in [1.82, 2.24) is 19.8 Å². The van der Waals surface area contributed by atoms with E-state index in [0.29, 0.717) is 0 Å². The Labute approximate surface area is 144 Å². The van der Waals surface area contributed by atoms with Gasteiger partial charge in [0.15, 0.2) is 0 Å². The maximum Gasteiger partial charge on any atom is 0.0784 e. The molecule has 2 heterocycles. The van der Waals surface area contributed by atoms with Crippen molar-refractivity contribution in [3.05, 3.63) is 42.2 Å². The fraction of sp³-hybridized carbons (Fsp3) is 0.450. The Hall–Kier alpha value is -1.91. The minimum atomic E-state index is 0.819. The highest BCUT2D eigenvalue weighted by Gasteiger charge is 2.11. The van der Waals surface area contributed by atoms with Crippen molar-refractivity contribution < 1.29 is 0 Å².